The molecule has 1 N–H and O–H groups in total. The van der Waals surface area contributed by atoms with Gasteiger partial charge in [-0.25, -0.2) is 0 Å². The number of carbonyl (C=O) groups excluding carboxylic acids is 1. The highest BCUT2D eigenvalue weighted by Gasteiger charge is 2.12. The first kappa shape index (κ1) is 17.0. The van der Waals surface area contributed by atoms with E-state index >= 15 is 0 Å². The molecule has 0 spiro atoms. The molecule has 1 heterocycles. The Morgan fingerprint density at radius 2 is 1.87 bits per heavy atom. The fourth-order valence-electron chi connectivity index (χ4n) is 2.18. The van der Waals surface area contributed by atoms with E-state index in [0.29, 0.717) is 5.75 Å². The average Bonchev–Trinajstić information content (AvgIpc) is 3.00. The summed E-state index contributed by atoms with van der Waals surface area (Å²) in [5, 5.41) is 10.6. The summed E-state index contributed by atoms with van der Waals surface area (Å²) >= 11 is 1.67. The van der Waals surface area contributed by atoms with Crippen molar-refractivity contribution in [1.29, 1.82) is 0 Å². The highest BCUT2D eigenvalue weighted by Crippen LogP contribution is 2.26. The van der Waals surface area contributed by atoms with Crippen LogP contribution in [-0.2, 0) is 9.59 Å². The highest BCUT2D eigenvalue weighted by molar-refractivity contribution is 7.10. The van der Waals surface area contributed by atoms with Gasteiger partial charge in [-0.2, -0.15) is 0 Å². The predicted octanol–water partition coefficient (Wildman–Crippen LogP) is 4.31. The van der Waals surface area contributed by atoms with Crippen molar-refractivity contribution in [3.8, 4) is 5.75 Å². The Hall–Kier alpha value is -2.40. The molecule has 0 saturated carbocycles. The van der Waals surface area contributed by atoms with E-state index in [-0.39, 0.29) is 12.8 Å². The van der Waals surface area contributed by atoms with Crippen LogP contribution < -0.4 is 4.74 Å². The van der Waals surface area contributed by atoms with Gasteiger partial charge in [0.2, 0.25) is 0 Å². The molecule has 0 saturated heterocycles. The minimum atomic E-state index is -1.01. The maximum atomic E-state index is 11.7. The van der Waals surface area contributed by atoms with Crippen molar-refractivity contribution in [2.75, 3.05) is 0 Å². The Kier molecular flexibility index (Phi) is 5.71. The maximum absolute atomic E-state index is 11.7. The molecule has 23 heavy (non-hydrogen) atoms. The smallest absolute Gasteiger partial charge is 0.311 e. The number of hydrogen-bond donors (Lipinski definition) is 1. The Labute approximate surface area is 139 Å². The normalized spacial score (nSPS) is 10.9. The molecule has 0 unspecified atom stereocenters. The summed E-state index contributed by atoms with van der Waals surface area (Å²) in [6.07, 6.45) is 3.70. The molecule has 5 heteroatoms. The van der Waals surface area contributed by atoms with Gasteiger partial charge < -0.3 is 9.84 Å². The van der Waals surface area contributed by atoms with Crippen LogP contribution in [0.2, 0.25) is 0 Å². The molecule has 2 rings (SSSR count). The number of carboxylic acid groups (broad SMARTS) is 1. The van der Waals surface area contributed by atoms with Gasteiger partial charge in [0, 0.05) is 4.88 Å². The van der Waals surface area contributed by atoms with Gasteiger partial charge >= 0.3 is 11.9 Å². The Bertz CT molecular complexity index is 706. The van der Waals surface area contributed by atoms with Gasteiger partial charge in [0.15, 0.2) is 0 Å². The lowest BCUT2D eigenvalue weighted by Crippen LogP contribution is -2.11. The fourth-order valence-corrected chi connectivity index (χ4v) is 2.80. The van der Waals surface area contributed by atoms with Crippen LogP contribution in [0.25, 0.3) is 12.2 Å². The number of rotatable bonds is 6. The Balaban J connectivity index is 2.10. The molecule has 1 aromatic heterocycles. The van der Waals surface area contributed by atoms with Crippen LogP contribution in [0.1, 0.15) is 34.4 Å². The molecule has 0 aliphatic rings. The minimum Gasteiger partial charge on any atom is -0.481 e. The molecular weight excluding hydrogens is 312 g/mol. The zero-order valence-corrected chi connectivity index (χ0v) is 13.9. The van der Waals surface area contributed by atoms with Crippen LogP contribution in [-0.4, -0.2) is 17.0 Å². The molecule has 1 aromatic carbocycles. The molecule has 0 atom stereocenters. The van der Waals surface area contributed by atoms with E-state index in [1.165, 1.54) is 4.88 Å². The number of hydrogen-bond acceptors (Lipinski definition) is 4. The summed E-state index contributed by atoms with van der Waals surface area (Å²) in [6, 6.07) is 7.92. The van der Waals surface area contributed by atoms with Crippen LogP contribution >= 0.6 is 11.3 Å². The SMILES string of the molecule is Cc1cc(C=Cc2cccs2)cc(C)c1OC(=O)CCC(=O)O. The third-order valence-corrected chi connectivity index (χ3v) is 4.06. The van der Waals surface area contributed by atoms with Gasteiger partial charge in [-0.15, -0.1) is 11.3 Å². The van der Waals surface area contributed by atoms with Gasteiger partial charge in [-0.05, 0) is 60.2 Å². The monoisotopic (exact) mass is 330 g/mol. The predicted molar refractivity (Wildman–Crippen MR) is 91.7 cm³/mol. The van der Waals surface area contributed by atoms with Gasteiger partial charge in [0.25, 0.3) is 0 Å². The first-order valence-corrected chi connectivity index (χ1v) is 8.09. The van der Waals surface area contributed by atoms with Gasteiger partial charge in [0.1, 0.15) is 5.75 Å². The van der Waals surface area contributed by atoms with Crippen molar-refractivity contribution in [2.45, 2.75) is 26.7 Å². The maximum Gasteiger partial charge on any atom is 0.311 e. The Morgan fingerprint density at radius 1 is 1.17 bits per heavy atom. The molecule has 120 valence electrons. The largest absolute Gasteiger partial charge is 0.481 e. The molecular formula is C18H18O4S. The molecule has 0 amide bonds. The van der Waals surface area contributed by atoms with Crippen LogP contribution in [0, 0.1) is 13.8 Å². The lowest BCUT2D eigenvalue weighted by molar-refractivity contribution is -0.142. The first-order valence-electron chi connectivity index (χ1n) is 7.21. The average molecular weight is 330 g/mol. The van der Waals surface area contributed by atoms with Crippen LogP contribution in [0.15, 0.2) is 29.6 Å². The lowest BCUT2D eigenvalue weighted by atomic mass is 10.1. The van der Waals surface area contributed by atoms with Crippen molar-refractivity contribution < 1.29 is 19.4 Å². The number of benzene rings is 1. The minimum absolute atomic E-state index is 0.131. The van der Waals surface area contributed by atoms with E-state index in [2.05, 4.69) is 0 Å². The van der Waals surface area contributed by atoms with Crippen molar-refractivity contribution in [3.63, 3.8) is 0 Å². The number of aliphatic carboxylic acids is 1. The van der Waals surface area contributed by atoms with E-state index < -0.39 is 11.9 Å². The number of aryl methyl sites for hydroxylation is 2. The molecule has 4 nitrogen and oxygen atoms in total. The summed E-state index contributed by atoms with van der Waals surface area (Å²) in [7, 11) is 0. The van der Waals surface area contributed by atoms with E-state index in [1.54, 1.807) is 11.3 Å². The van der Waals surface area contributed by atoms with E-state index in [4.69, 9.17) is 9.84 Å². The number of thiophene rings is 1. The summed E-state index contributed by atoms with van der Waals surface area (Å²) in [5.41, 5.74) is 2.72. The molecule has 0 radical (unpaired) electrons. The Morgan fingerprint density at radius 3 is 2.43 bits per heavy atom. The van der Waals surface area contributed by atoms with Gasteiger partial charge in [0.05, 0.1) is 12.8 Å². The number of esters is 1. The third-order valence-electron chi connectivity index (χ3n) is 3.22. The topological polar surface area (TPSA) is 63.6 Å². The number of ether oxygens (including phenoxy) is 1. The van der Waals surface area contributed by atoms with E-state index in [0.717, 1.165) is 16.7 Å². The lowest BCUT2D eigenvalue weighted by Gasteiger charge is -2.11. The molecule has 0 aliphatic heterocycles. The van der Waals surface area contributed by atoms with Crippen molar-refractivity contribution >= 4 is 35.4 Å². The van der Waals surface area contributed by atoms with Gasteiger partial charge in [-0.3, -0.25) is 9.59 Å². The van der Waals surface area contributed by atoms with Gasteiger partial charge in [-0.1, -0.05) is 12.1 Å². The van der Waals surface area contributed by atoms with Crippen molar-refractivity contribution in [2.24, 2.45) is 0 Å². The summed E-state index contributed by atoms with van der Waals surface area (Å²) < 4.78 is 5.31. The zero-order valence-electron chi connectivity index (χ0n) is 13.0. The molecule has 0 bridgehead atoms. The molecule has 0 fully saturated rings. The molecule has 2 aromatic rings. The second kappa shape index (κ2) is 7.74. The number of carbonyl (C=O) groups is 2. The van der Waals surface area contributed by atoms with Crippen LogP contribution in [0.3, 0.4) is 0 Å². The van der Waals surface area contributed by atoms with Crippen LogP contribution in [0.5, 0.6) is 5.75 Å². The molecule has 0 aliphatic carbocycles. The summed E-state index contributed by atoms with van der Waals surface area (Å²) in [4.78, 5) is 23.3. The zero-order chi connectivity index (χ0) is 16.8. The van der Waals surface area contributed by atoms with E-state index in [9.17, 15) is 9.59 Å². The van der Waals surface area contributed by atoms with Crippen molar-refractivity contribution in [3.05, 3.63) is 51.2 Å². The summed E-state index contributed by atoms with van der Waals surface area (Å²) in [6.45, 7) is 3.74. The highest BCUT2D eigenvalue weighted by atomic mass is 32.1. The first-order chi connectivity index (χ1) is 11.0. The second-order valence-electron chi connectivity index (χ2n) is 5.20. The number of carboxylic acids is 1. The fraction of sp³-hybridized carbons (Fsp3) is 0.222. The second-order valence-corrected chi connectivity index (χ2v) is 6.18. The van der Waals surface area contributed by atoms with E-state index in [1.807, 2.05) is 55.6 Å². The quantitative estimate of drug-likeness (QED) is 0.633. The third kappa shape index (κ3) is 5.07. The van der Waals surface area contributed by atoms with Crippen LogP contribution in [0.4, 0.5) is 0 Å². The summed E-state index contributed by atoms with van der Waals surface area (Å²) in [5.74, 6) is -1.03. The standard InChI is InChI=1S/C18H18O4S/c1-12-10-14(5-6-15-4-3-9-23-15)11-13(2)18(12)22-17(21)8-7-16(19)20/h3-6,9-11H,7-8H2,1-2H3,(H,19,20). The van der Waals surface area contributed by atoms with Crippen molar-refractivity contribution in [1.82, 2.24) is 0 Å².